The molecule has 0 bridgehead atoms. The van der Waals surface area contributed by atoms with Crippen LogP contribution in [0.4, 0.5) is 0 Å². The smallest absolute Gasteiger partial charge is 0.0831 e. The second-order valence-electron chi connectivity index (χ2n) is 5.43. The molecule has 0 atom stereocenters. The third-order valence-corrected chi connectivity index (χ3v) is 3.88. The van der Waals surface area contributed by atoms with Crippen LogP contribution in [-0.2, 0) is 15.9 Å². The van der Waals surface area contributed by atoms with Gasteiger partial charge in [0.2, 0.25) is 5.75 Å². The van der Waals surface area contributed by atoms with Gasteiger partial charge >= 0.3 is 11.7 Å². The molecule has 0 aliphatic rings. The van der Waals surface area contributed by atoms with E-state index >= 15 is 0 Å². The highest BCUT2D eigenvalue weighted by Crippen LogP contribution is 2.12. The van der Waals surface area contributed by atoms with Gasteiger partial charge in [-0.2, -0.15) is 0 Å². The molecule has 0 radical (unpaired) electrons. The first kappa shape index (κ1) is 18.8. The molecule has 0 N–H and O–H groups in total. The minimum absolute atomic E-state index is 0.623. The van der Waals surface area contributed by atoms with Crippen LogP contribution >= 0.6 is 0 Å². The molecular weight excluding hydrogens is 252 g/mol. The normalized spacial score (nSPS) is 11.2. The van der Waals surface area contributed by atoms with Crippen LogP contribution in [0.15, 0.2) is 12.2 Å². The van der Waals surface area contributed by atoms with Crippen LogP contribution in [-0.4, -0.2) is 5.75 Å². The van der Waals surface area contributed by atoms with Gasteiger partial charge in [-0.3, -0.25) is 0 Å². The second-order valence-corrected chi connectivity index (χ2v) is 6.00. The molecule has 19 heavy (non-hydrogen) atoms. The fourth-order valence-corrected chi connectivity index (χ4v) is 2.54. The summed E-state index contributed by atoms with van der Waals surface area (Å²) in [5, 5.41) is 0. The van der Waals surface area contributed by atoms with E-state index in [9.17, 15) is 4.21 Å². The van der Waals surface area contributed by atoms with Crippen molar-refractivity contribution in [2.24, 2.45) is 0 Å². The van der Waals surface area contributed by atoms with E-state index in [-0.39, 0.29) is 0 Å². The maximum atomic E-state index is 10.1. The number of unbranched alkanes of at least 4 members (excludes halogenated alkanes) is 12. The predicted molar refractivity (Wildman–Crippen MR) is 87.8 cm³/mol. The zero-order valence-electron chi connectivity index (χ0n) is 12.9. The van der Waals surface area contributed by atoms with Crippen LogP contribution in [0, 0.1) is 0 Å². The molecule has 0 heterocycles. The van der Waals surface area contributed by atoms with E-state index in [1.54, 1.807) is 0 Å². The summed E-state index contributed by atoms with van der Waals surface area (Å²) in [5.41, 5.74) is 0. The molecule has 0 saturated carbocycles. The molecule has 0 saturated heterocycles. The zero-order chi connectivity index (χ0) is 14.0. The lowest BCUT2D eigenvalue weighted by atomic mass is 10.0. The lowest BCUT2D eigenvalue weighted by Gasteiger charge is -2.02. The summed E-state index contributed by atoms with van der Waals surface area (Å²) in [4.78, 5) is 0. The summed E-state index contributed by atoms with van der Waals surface area (Å²) in [7, 11) is 0. The summed E-state index contributed by atoms with van der Waals surface area (Å²) >= 11 is 0.650. The largest absolute Gasteiger partial charge is 0.463 e. The summed E-state index contributed by atoms with van der Waals surface area (Å²) in [5.74, 6) is 0.623. The second kappa shape index (κ2) is 17.8. The Hall–Kier alpha value is -0.240. The molecular formula is C17H33OS+. The summed E-state index contributed by atoms with van der Waals surface area (Å²) < 4.78 is 10.1. The standard InChI is InChI=1S/C17H33OS/c1-2-3-4-5-6-7-8-9-10-11-12-13-14-15-16-17-19-18/h15-16H,2-14,17H2,1H3/q+1. The van der Waals surface area contributed by atoms with Gasteiger partial charge in [0.25, 0.3) is 0 Å². The molecule has 0 fully saturated rings. The number of rotatable bonds is 15. The van der Waals surface area contributed by atoms with Crippen LogP contribution in [0.25, 0.3) is 0 Å². The minimum atomic E-state index is 0.623. The first-order valence-electron chi connectivity index (χ1n) is 8.31. The molecule has 0 amide bonds. The Morgan fingerprint density at radius 3 is 1.63 bits per heavy atom. The van der Waals surface area contributed by atoms with E-state index < -0.39 is 0 Å². The highest BCUT2D eigenvalue weighted by molar-refractivity contribution is 7.65. The molecule has 112 valence electrons. The van der Waals surface area contributed by atoms with E-state index in [0.717, 1.165) is 6.42 Å². The van der Waals surface area contributed by atoms with Gasteiger partial charge in [-0.1, -0.05) is 83.6 Å². The molecule has 0 aliphatic heterocycles. The lowest BCUT2D eigenvalue weighted by molar-refractivity contribution is 0.545. The highest BCUT2D eigenvalue weighted by atomic mass is 32.1. The van der Waals surface area contributed by atoms with Crippen LogP contribution < -0.4 is 0 Å². The van der Waals surface area contributed by atoms with Crippen LogP contribution in [0.3, 0.4) is 0 Å². The molecule has 0 aliphatic carbocycles. The van der Waals surface area contributed by atoms with Crippen LogP contribution in [0.2, 0.25) is 0 Å². The monoisotopic (exact) mass is 285 g/mol. The number of hydrogen-bond acceptors (Lipinski definition) is 1. The fraction of sp³-hybridized carbons (Fsp3) is 0.882. The van der Waals surface area contributed by atoms with E-state index in [1.807, 2.05) is 6.08 Å². The minimum Gasteiger partial charge on any atom is -0.0831 e. The van der Waals surface area contributed by atoms with Crippen LogP contribution in [0.5, 0.6) is 0 Å². The summed E-state index contributed by atoms with van der Waals surface area (Å²) in [6.07, 6.45) is 22.2. The molecule has 0 rings (SSSR count). The Morgan fingerprint density at radius 1 is 0.684 bits per heavy atom. The number of allylic oxidation sites excluding steroid dienone is 1. The van der Waals surface area contributed by atoms with Crippen molar-refractivity contribution in [2.45, 2.75) is 90.4 Å². The van der Waals surface area contributed by atoms with Crippen LogP contribution in [0.1, 0.15) is 90.4 Å². The summed E-state index contributed by atoms with van der Waals surface area (Å²) in [6.45, 7) is 2.28. The van der Waals surface area contributed by atoms with Crippen molar-refractivity contribution in [3.63, 3.8) is 0 Å². The maximum absolute atomic E-state index is 10.1. The van der Waals surface area contributed by atoms with Crippen molar-refractivity contribution < 1.29 is 4.21 Å². The molecule has 0 aromatic heterocycles. The van der Waals surface area contributed by atoms with Crippen molar-refractivity contribution in [3.05, 3.63) is 12.2 Å². The van der Waals surface area contributed by atoms with Crippen molar-refractivity contribution in [1.29, 1.82) is 0 Å². The van der Waals surface area contributed by atoms with Crippen molar-refractivity contribution in [3.8, 4) is 0 Å². The van der Waals surface area contributed by atoms with Crippen molar-refractivity contribution >= 4 is 11.7 Å². The Bertz CT molecular complexity index is 201. The average molecular weight is 286 g/mol. The SMILES string of the molecule is CCCCCCCCCCCCCCC=CC[S+]=O. The Morgan fingerprint density at radius 2 is 1.16 bits per heavy atom. The van der Waals surface area contributed by atoms with E-state index in [0.29, 0.717) is 17.4 Å². The van der Waals surface area contributed by atoms with Gasteiger partial charge in [0, 0.05) is 4.21 Å². The zero-order valence-corrected chi connectivity index (χ0v) is 13.7. The van der Waals surface area contributed by atoms with Gasteiger partial charge in [0.1, 0.15) is 0 Å². The molecule has 1 nitrogen and oxygen atoms in total. The molecule has 0 spiro atoms. The van der Waals surface area contributed by atoms with E-state index in [2.05, 4.69) is 13.0 Å². The van der Waals surface area contributed by atoms with Crippen molar-refractivity contribution in [1.82, 2.24) is 0 Å². The van der Waals surface area contributed by atoms with Gasteiger partial charge in [0.05, 0.1) is 0 Å². The Balaban J connectivity index is 2.97. The fourth-order valence-electron chi connectivity index (χ4n) is 2.33. The lowest BCUT2D eigenvalue weighted by Crippen LogP contribution is -1.82. The van der Waals surface area contributed by atoms with E-state index in [1.165, 1.54) is 77.0 Å². The summed E-state index contributed by atoms with van der Waals surface area (Å²) in [6, 6.07) is 0. The third-order valence-electron chi connectivity index (χ3n) is 3.56. The topological polar surface area (TPSA) is 17.1 Å². The molecule has 0 aromatic rings. The molecule has 0 aromatic carbocycles. The highest BCUT2D eigenvalue weighted by Gasteiger charge is 1.93. The average Bonchev–Trinajstić information content (AvgIpc) is 2.43. The van der Waals surface area contributed by atoms with Gasteiger partial charge in [0.15, 0.2) is 0 Å². The Labute approximate surface area is 124 Å². The van der Waals surface area contributed by atoms with Gasteiger partial charge in [-0.15, -0.1) is 0 Å². The molecule has 2 heteroatoms. The van der Waals surface area contributed by atoms with Gasteiger partial charge < -0.3 is 0 Å². The quantitative estimate of drug-likeness (QED) is 0.203. The first-order chi connectivity index (χ1) is 9.41. The van der Waals surface area contributed by atoms with E-state index in [4.69, 9.17) is 0 Å². The maximum Gasteiger partial charge on any atom is 0.463 e. The Kier molecular flexibility index (Phi) is 17.5. The first-order valence-corrected chi connectivity index (χ1v) is 9.22. The van der Waals surface area contributed by atoms with Crippen molar-refractivity contribution in [2.75, 3.05) is 5.75 Å². The molecule has 0 unspecified atom stereocenters. The van der Waals surface area contributed by atoms with Gasteiger partial charge in [-0.25, -0.2) is 0 Å². The predicted octanol–water partition coefficient (Wildman–Crippen LogP) is 6.06. The third kappa shape index (κ3) is 17.8. The van der Waals surface area contributed by atoms with Gasteiger partial charge in [-0.05, 0) is 18.9 Å². The number of hydrogen-bond donors (Lipinski definition) is 0.